The summed E-state index contributed by atoms with van der Waals surface area (Å²) in [5.41, 5.74) is 2.17. The first-order chi connectivity index (χ1) is 11.4. The van der Waals surface area contributed by atoms with Crippen LogP contribution in [0.1, 0.15) is 41.4 Å². The number of ether oxygens (including phenoxy) is 1. The van der Waals surface area contributed by atoms with E-state index in [1.807, 2.05) is 25.1 Å². The number of rotatable bonds is 6. The minimum atomic E-state index is -0.168. The number of ketones is 1. The Bertz CT molecular complexity index is 758. The van der Waals surface area contributed by atoms with Gasteiger partial charge in [-0.05, 0) is 49.7 Å². The Hall–Kier alpha value is -2.33. The minimum absolute atomic E-state index is 0.0494. The van der Waals surface area contributed by atoms with Gasteiger partial charge >= 0.3 is 0 Å². The maximum absolute atomic E-state index is 12.3. The Balaban J connectivity index is 2.11. The van der Waals surface area contributed by atoms with E-state index in [2.05, 4.69) is 5.32 Å². The van der Waals surface area contributed by atoms with Crippen LogP contribution in [0.25, 0.3) is 0 Å². The molecule has 4 nitrogen and oxygen atoms in total. The summed E-state index contributed by atoms with van der Waals surface area (Å²) in [6, 6.07) is 12.3. The standard InChI is InChI=1S/C19H20ClNO3/c1-12(14-5-4-6-17(20)10-14)21-19(23)11-16-9-15(13(2)22)7-8-18(16)24-3/h4-10,12H,11H2,1-3H3,(H,21,23). The van der Waals surface area contributed by atoms with E-state index < -0.39 is 0 Å². The van der Waals surface area contributed by atoms with Crippen LogP contribution in [-0.4, -0.2) is 18.8 Å². The maximum atomic E-state index is 12.3. The number of carbonyl (C=O) groups is 2. The molecule has 24 heavy (non-hydrogen) atoms. The van der Waals surface area contributed by atoms with E-state index in [9.17, 15) is 9.59 Å². The first-order valence-corrected chi connectivity index (χ1v) is 8.01. The quantitative estimate of drug-likeness (QED) is 0.806. The van der Waals surface area contributed by atoms with Crippen LogP contribution in [0.3, 0.4) is 0 Å². The van der Waals surface area contributed by atoms with Crippen LogP contribution in [0.4, 0.5) is 0 Å². The lowest BCUT2D eigenvalue weighted by atomic mass is 10.0. The van der Waals surface area contributed by atoms with Crippen LogP contribution in [0.2, 0.25) is 5.02 Å². The van der Waals surface area contributed by atoms with Gasteiger partial charge < -0.3 is 10.1 Å². The monoisotopic (exact) mass is 345 g/mol. The number of methoxy groups -OCH3 is 1. The summed E-state index contributed by atoms with van der Waals surface area (Å²) in [6.45, 7) is 3.39. The van der Waals surface area contributed by atoms with Crippen molar-refractivity contribution >= 4 is 23.3 Å². The van der Waals surface area contributed by atoms with E-state index in [1.54, 1.807) is 31.4 Å². The zero-order valence-electron chi connectivity index (χ0n) is 13.9. The first-order valence-electron chi connectivity index (χ1n) is 7.63. The van der Waals surface area contributed by atoms with Gasteiger partial charge in [-0.1, -0.05) is 23.7 Å². The van der Waals surface area contributed by atoms with Crippen LogP contribution < -0.4 is 10.1 Å². The molecule has 1 unspecified atom stereocenters. The SMILES string of the molecule is COc1ccc(C(C)=O)cc1CC(=O)NC(C)c1cccc(Cl)c1. The van der Waals surface area contributed by atoms with Crippen molar-refractivity contribution in [1.82, 2.24) is 5.32 Å². The highest BCUT2D eigenvalue weighted by Crippen LogP contribution is 2.22. The molecule has 2 aromatic carbocycles. The second kappa shape index (κ2) is 7.97. The van der Waals surface area contributed by atoms with Crippen molar-refractivity contribution in [1.29, 1.82) is 0 Å². The van der Waals surface area contributed by atoms with Crippen molar-refractivity contribution in [2.24, 2.45) is 0 Å². The van der Waals surface area contributed by atoms with Gasteiger partial charge in [0.25, 0.3) is 0 Å². The van der Waals surface area contributed by atoms with Gasteiger partial charge in [-0.15, -0.1) is 0 Å². The van der Waals surface area contributed by atoms with Gasteiger partial charge in [-0.25, -0.2) is 0 Å². The minimum Gasteiger partial charge on any atom is -0.496 e. The molecule has 0 aliphatic rings. The van der Waals surface area contributed by atoms with Crippen LogP contribution >= 0.6 is 11.6 Å². The molecule has 0 heterocycles. The Kier molecular flexibility index (Phi) is 5.99. The molecule has 0 saturated heterocycles. The summed E-state index contributed by atoms with van der Waals surface area (Å²) in [4.78, 5) is 23.9. The molecule has 2 rings (SSSR count). The summed E-state index contributed by atoms with van der Waals surface area (Å²) in [5, 5.41) is 3.56. The number of amides is 1. The number of halogens is 1. The molecule has 0 aliphatic carbocycles. The van der Waals surface area contributed by atoms with E-state index >= 15 is 0 Å². The first kappa shape index (κ1) is 18.0. The summed E-state index contributed by atoms with van der Waals surface area (Å²) in [5.74, 6) is 0.388. The molecular weight excluding hydrogens is 326 g/mol. The van der Waals surface area contributed by atoms with Crippen molar-refractivity contribution in [2.45, 2.75) is 26.3 Å². The molecule has 0 fully saturated rings. The fourth-order valence-corrected chi connectivity index (χ4v) is 2.66. The molecule has 0 radical (unpaired) electrons. The summed E-state index contributed by atoms with van der Waals surface area (Å²) in [6.07, 6.45) is 0.134. The summed E-state index contributed by atoms with van der Waals surface area (Å²) >= 11 is 5.98. The summed E-state index contributed by atoms with van der Waals surface area (Å²) in [7, 11) is 1.54. The second-order valence-corrected chi connectivity index (χ2v) is 6.04. The fraction of sp³-hybridized carbons (Fsp3) is 0.263. The van der Waals surface area contributed by atoms with Crippen LogP contribution in [-0.2, 0) is 11.2 Å². The lowest BCUT2D eigenvalue weighted by Gasteiger charge is -2.16. The van der Waals surface area contributed by atoms with Crippen LogP contribution in [0, 0.1) is 0 Å². The number of Topliss-reactive ketones (excluding diaryl/α,β-unsaturated/α-hetero) is 1. The maximum Gasteiger partial charge on any atom is 0.225 e. The van der Waals surface area contributed by atoms with E-state index in [-0.39, 0.29) is 24.2 Å². The highest BCUT2D eigenvalue weighted by atomic mass is 35.5. The highest BCUT2D eigenvalue weighted by Gasteiger charge is 2.14. The van der Waals surface area contributed by atoms with Gasteiger partial charge in [0, 0.05) is 16.1 Å². The third kappa shape index (κ3) is 4.59. The van der Waals surface area contributed by atoms with E-state index in [1.165, 1.54) is 6.92 Å². The van der Waals surface area contributed by atoms with Crippen molar-refractivity contribution in [2.75, 3.05) is 7.11 Å². The molecule has 1 N–H and O–H groups in total. The Morgan fingerprint density at radius 3 is 2.58 bits per heavy atom. The zero-order valence-corrected chi connectivity index (χ0v) is 14.7. The number of nitrogens with one attached hydrogen (secondary N) is 1. The van der Waals surface area contributed by atoms with Crippen molar-refractivity contribution < 1.29 is 14.3 Å². The molecular formula is C19H20ClNO3. The van der Waals surface area contributed by atoms with E-state index in [0.717, 1.165) is 5.56 Å². The number of hydrogen-bond acceptors (Lipinski definition) is 3. The van der Waals surface area contributed by atoms with Crippen molar-refractivity contribution in [3.05, 3.63) is 64.2 Å². The topological polar surface area (TPSA) is 55.4 Å². The highest BCUT2D eigenvalue weighted by molar-refractivity contribution is 6.30. The van der Waals surface area contributed by atoms with E-state index in [0.29, 0.717) is 21.9 Å². The molecule has 0 aliphatic heterocycles. The fourth-order valence-electron chi connectivity index (χ4n) is 2.46. The second-order valence-electron chi connectivity index (χ2n) is 5.60. The Morgan fingerprint density at radius 2 is 1.96 bits per heavy atom. The largest absolute Gasteiger partial charge is 0.496 e. The molecule has 1 atom stereocenters. The van der Waals surface area contributed by atoms with Gasteiger partial charge in [0.1, 0.15) is 5.75 Å². The van der Waals surface area contributed by atoms with Crippen LogP contribution in [0.15, 0.2) is 42.5 Å². The van der Waals surface area contributed by atoms with Gasteiger partial charge in [0.15, 0.2) is 5.78 Å². The van der Waals surface area contributed by atoms with Crippen molar-refractivity contribution in [3.8, 4) is 5.75 Å². The average molecular weight is 346 g/mol. The lowest BCUT2D eigenvalue weighted by Crippen LogP contribution is -2.28. The Labute approximate surface area is 146 Å². The number of carbonyl (C=O) groups excluding carboxylic acids is 2. The molecule has 2 aromatic rings. The molecule has 1 amide bonds. The predicted molar refractivity (Wildman–Crippen MR) is 94.7 cm³/mol. The van der Waals surface area contributed by atoms with Crippen LogP contribution in [0.5, 0.6) is 5.75 Å². The van der Waals surface area contributed by atoms with Crippen molar-refractivity contribution in [3.63, 3.8) is 0 Å². The predicted octanol–water partition coefficient (Wildman–Crippen LogP) is 3.97. The normalized spacial score (nSPS) is 11.7. The average Bonchev–Trinajstić information content (AvgIpc) is 2.54. The molecule has 0 spiro atoms. The molecule has 126 valence electrons. The van der Waals surface area contributed by atoms with E-state index in [4.69, 9.17) is 16.3 Å². The van der Waals surface area contributed by atoms with Gasteiger partial charge in [0.2, 0.25) is 5.91 Å². The summed E-state index contributed by atoms with van der Waals surface area (Å²) < 4.78 is 5.28. The van der Waals surface area contributed by atoms with Gasteiger partial charge in [-0.3, -0.25) is 9.59 Å². The molecule has 0 saturated carbocycles. The molecule has 0 bridgehead atoms. The zero-order chi connectivity index (χ0) is 17.7. The number of benzene rings is 2. The number of hydrogen-bond donors (Lipinski definition) is 1. The third-order valence-corrected chi connectivity index (χ3v) is 4.00. The lowest BCUT2D eigenvalue weighted by molar-refractivity contribution is -0.121. The van der Waals surface area contributed by atoms with Gasteiger partial charge in [0.05, 0.1) is 19.6 Å². The smallest absolute Gasteiger partial charge is 0.225 e. The van der Waals surface area contributed by atoms with Gasteiger partial charge in [-0.2, -0.15) is 0 Å². The molecule has 0 aromatic heterocycles. The molecule has 5 heteroatoms. The third-order valence-electron chi connectivity index (χ3n) is 3.76. The Morgan fingerprint density at radius 1 is 1.21 bits per heavy atom.